The number of rotatable bonds is 6. The summed E-state index contributed by atoms with van der Waals surface area (Å²) in [5, 5.41) is 3.70. The SMILES string of the molecule is CNS(=O)(CCC(C)C)(Cc1ccccc1)C1=NC(C)(C)C(=S)N1. The molecule has 1 heterocycles. The molecule has 0 unspecified atom stereocenters. The summed E-state index contributed by atoms with van der Waals surface area (Å²) < 4.78 is 17.7. The molecule has 6 heteroatoms. The molecule has 0 bridgehead atoms. The van der Waals surface area contributed by atoms with Crippen LogP contribution in [0.25, 0.3) is 0 Å². The fourth-order valence-corrected chi connectivity index (χ4v) is 6.60. The van der Waals surface area contributed by atoms with Crippen molar-refractivity contribution >= 4 is 31.6 Å². The van der Waals surface area contributed by atoms with Gasteiger partial charge in [-0.15, -0.1) is 0 Å². The Morgan fingerprint density at radius 3 is 2.38 bits per heavy atom. The molecule has 0 saturated heterocycles. The Balaban J connectivity index is 2.52. The number of amidine groups is 1. The number of hydrogen-bond donors (Lipinski definition) is 2. The van der Waals surface area contributed by atoms with Crippen LogP contribution in [0, 0.1) is 5.92 Å². The van der Waals surface area contributed by atoms with Gasteiger partial charge in [0.05, 0.1) is 0 Å². The number of benzene rings is 1. The van der Waals surface area contributed by atoms with Crippen LogP contribution in [0.2, 0.25) is 0 Å². The van der Waals surface area contributed by atoms with Crippen LogP contribution >= 0.6 is 12.2 Å². The summed E-state index contributed by atoms with van der Waals surface area (Å²) in [4.78, 5) is 5.36. The average Bonchev–Trinajstić information content (AvgIpc) is 2.81. The summed E-state index contributed by atoms with van der Waals surface area (Å²) >= 11 is 5.42. The minimum Gasteiger partial charge on any atom is -0.326 e. The van der Waals surface area contributed by atoms with Crippen LogP contribution in [-0.2, 0) is 15.0 Å². The minimum atomic E-state index is -3.41. The number of thiocarbonyl (C=S) groups is 1. The highest BCUT2D eigenvalue weighted by molar-refractivity contribution is 8.30. The molecule has 2 rings (SSSR count). The van der Waals surface area contributed by atoms with Crippen LogP contribution in [0.1, 0.15) is 39.7 Å². The predicted octanol–water partition coefficient (Wildman–Crippen LogP) is 3.25. The van der Waals surface area contributed by atoms with E-state index in [1.54, 1.807) is 7.05 Å². The molecule has 0 aromatic heterocycles. The molecule has 1 aliphatic rings. The summed E-state index contributed by atoms with van der Waals surface area (Å²) in [6.07, 6.45) is 0.854. The van der Waals surface area contributed by atoms with Gasteiger partial charge in [-0.2, -0.15) is 0 Å². The molecule has 0 spiro atoms. The Morgan fingerprint density at radius 1 is 1.29 bits per heavy atom. The maximum atomic E-state index is 14.5. The lowest BCUT2D eigenvalue weighted by molar-refractivity contribution is 0.605. The Morgan fingerprint density at radius 2 is 1.92 bits per heavy atom. The van der Waals surface area contributed by atoms with Gasteiger partial charge in [0.25, 0.3) is 0 Å². The van der Waals surface area contributed by atoms with Gasteiger partial charge in [-0.05, 0) is 38.8 Å². The van der Waals surface area contributed by atoms with E-state index in [0.29, 0.717) is 27.6 Å². The molecule has 24 heavy (non-hydrogen) atoms. The smallest absolute Gasteiger partial charge is 0.184 e. The molecular formula is C18H29N3OS2. The molecular weight excluding hydrogens is 338 g/mol. The predicted molar refractivity (Wildman–Crippen MR) is 109 cm³/mol. The first kappa shape index (κ1) is 19.2. The monoisotopic (exact) mass is 367 g/mol. The van der Waals surface area contributed by atoms with Gasteiger partial charge in [-0.25, -0.2) is 4.99 Å². The highest BCUT2D eigenvalue weighted by Crippen LogP contribution is 2.34. The van der Waals surface area contributed by atoms with Gasteiger partial charge in [-0.3, -0.25) is 8.93 Å². The van der Waals surface area contributed by atoms with E-state index < -0.39 is 14.8 Å². The number of hydrogen-bond acceptors (Lipinski definition) is 3. The molecule has 0 saturated carbocycles. The second-order valence-corrected chi connectivity index (χ2v) is 11.9. The van der Waals surface area contributed by atoms with Crippen LogP contribution in [0.4, 0.5) is 0 Å². The van der Waals surface area contributed by atoms with Gasteiger partial charge in [0, 0.05) is 20.8 Å². The average molecular weight is 368 g/mol. The van der Waals surface area contributed by atoms with Gasteiger partial charge < -0.3 is 5.32 Å². The zero-order valence-electron chi connectivity index (χ0n) is 15.3. The summed E-state index contributed by atoms with van der Waals surface area (Å²) in [6, 6.07) is 9.95. The third-order valence-corrected chi connectivity index (χ3v) is 9.21. The topological polar surface area (TPSA) is 53.5 Å². The van der Waals surface area contributed by atoms with Crippen molar-refractivity contribution in [2.75, 3.05) is 12.8 Å². The maximum absolute atomic E-state index is 14.5. The maximum Gasteiger partial charge on any atom is 0.184 e. The first-order chi connectivity index (χ1) is 11.1. The van der Waals surface area contributed by atoms with Crippen molar-refractivity contribution in [2.24, 2.45) is 10.9 Å². The van der Waals surface area contributed by atoms with E-state index >= 15 is 0 Å². The van der Waals surface area contributed by atoms with Crippen molar-refractivity contribution in [1.82, 2.24) is 10.0 Å². The van der Waals surface area contributed by atoms with Gasteiger partial charge in [0.1, 0.15) is 10.5 Å². The van der Waals surface area contributed by atoms with Crippen molar-refractivity contribution < 1.29 is 4.21 Å². The first-order valence-corrected chi connectivity index (χ1v) is 11.1. The van der Waals surface area contributed by atoms with Gasteiger partial charge in [0.2, 0.25) is 0 Å². The Bertz CT molecular complexity index is 710. The zero-order valence-corrected chi connectivity index (χ0v) is 16.9. The summed E-state index contributed by atoms with van der Waals surface area (Å²) in [6.45, 7) is 8.20. The molecule has 0 radical (unpaired) electrons. The van der Waals surface area contributed by atoms with Crippen LogP contribution < -0.4 is 10.0 Å². The first-order valence-electron chi connectivity index (χ1n) is 8.38. The second kappa shape index (κ2) is 6.65. The van der Waals surface area contributed by atoms with Crippen molar-refractivity contribution in [3.63, 3.8) is 0 Å². The summed E-state index contributed by atoms with van der Waals surface area (Å²) in [5.41, 5.74) is 0.519. The van der Waals surface area contributed by atoms with Crippen molar-refractivity contribution in [2.45, 2.75) is 45.4 Å². The van der Waals surface area contributed by atoms with E-state index in [4.69, 9.17) is 17.2 Å². The quantitative estimate of drug-likeness (QED) is 0.759. The Kier molecular flexibility index (Phi) is 5.33. The number of aliphatic imine (C=N–C) groups is 1. The lowest BCUT2D eigenvalue weighted by Gasteiger charge is -2.42. The normalized spacial score (nSPS) is 18.8. The third kappa shape index (κ3) is 3.76. The molecule has 1 aliphatic heterocycles. The van der Waals surface area contributed by atoms with Gasteiger partial charge in [-0.1, -0.05) is 56.4 Å². The van der Waals surface area contributed by atoms with Gasteiger partial charge in [0.15, 0.2) is 5.17 Å². The highest BCUT2D eigenvalue weighted by atomic mass is 32.3. The Labute approximate surface area is 151 Å². The Hall–Kier alpha value is -1.11. The van der Waals surface area contributed by atoms with E-state index in [0.717, 1.165) is 12.0 Å². The molecule has 0 aliphatic carbocycles. The molecule has 134 valence electrons. The van der Waals surface area contributed by atoms with Crippen molar-refractivity contribution in [3.05, 3.63) is 35.9 Å². The van der Waals surface area contributed by atoms with E-state index in [9.17, 15) is 4.21 Å². The molecule has 1 aromatic carbocycles. The summed E-state index contributed by atoms with van der Waals surface area (Å²) in [7, 11) is -1.64. The molecule has 1 aromatic rings. The number of nitrogens with one attached hydrogen (secondary N) is 2. The summed E-state index contributed by atoms with van der Waals surface area (Å²) in [5.74, 6) is 1.43. The van der Waals surface area contributed by atoms with E-state index in [2.05, 4.69) is 23.9 Å². The number of nitrogens with zero attached hydrogens (tertiary/aromatic N) is 1. The molecule has 0 amide bonds. The van der Waals surface area contributed by atoms with Gasteiger partial charge >= 0.3 is 0 Å². The fourth-order valence-electron chi connectivity index (χ4n) is 2.73. The lowest BCUT2D eigenvalue weighted by Crippen LogP contribution is -2.60. The highest BCUT2D eigenvalue weighted by Gasteiger charge is 2.47. The largest absolute Gasteiger partial charge is 0.326 e. The van der Waals surface area contributed by atoms with E-state index in [1.807, 2.05) is 44.2 Å². The fraction of sp³-hybridized carbons (Fsp3) is 0.556. The third-order valence-electron chi connectivity index (χ3n) is 4.52. The van der Waals surface area contributed by atoms with Crippen LogP contribution in [0.3, 0.4) is 0 Å². The zero-order chi connectivity index (χ0) is 18.0. The molecule has 4 nitrogen and oxygen atoms in total. The van der Waals surface area contributed by atoms with Crippen LogP contribution in [-0.4, -0.2) is 32.7 Å². The van der Waals surface area contributed by atoms with E-state index in [-0.39, 0.29) is 0 Å². The molecule has 0 fully saturated rings. The van der Waals surface area contributed by atoms with Crippen molar-refractivity contribution in [1.29, 1.82) is 0 Å². The van der Waals surface area contributed by atoms with E-state index in [1.165, 1.54) is 0 Å². The minimum absolute atomic E-state index is 0.422. The lowest BCUT2D eigenvalue weighted by atomic mass is 10.1. The van der Waals surface area contributed by atoms with Crippen molar-refractivity contribution in [3.8, 4) is 0 Å². The van der Waals surface area contributed by atoms with Crippen LogP contribution in [0.5, 0.6) is 0 Å². The second-order valence-electron chi connectivity index (χ2n) is 7.44. The van der Waals surface area contributed by atoms with Crippen LogP contribution in [0.15, 0.2) is 35.3 Å². The molecule has 0 atom stereocenters. The molecule has 2 N–H and O–H groups in total. The standard InChI is InChI=1S/C18H29N3OS2/c1-14(2)11-12-24(22,19-5,13-15-9-7-6-8-10-15)17-20-16(23)18(3,4)21-17/h6-10,14H,11-13H2,1-5H3,(H,19,22)(H,20,21,23).